The maximum atomic E-state index is 11.9. The third-order valence-corrected chi connectivity index (χ3v) is 2.34. The Bertz CT molecular complexity index is 553. The summed E-state index contributed by atoms with van der Waals surface area (Å²) in [5, 5.41) is 2.74. The molecule has 0 unspecified atom stereocenters. The highest BCUT2D eigenvalue weighted by Crippen LogP contribution is 2.10. The van der Waals surface area contributed by atoms with Crippen LogP contribution < -0.4 is 16.6 Å². The van der Waals surface area contributed by atoms with Crippen molar-refractivity contribution in [1.29, 1.82) is 0 Å². The lowest BCUT2D eigenvalue weighted by atomic mass is 10.2. The van der Waals surface area contributed by atoms with Gasteiger partial charge in [0.2, 0.25) is 0 Å². The van der Waals surface area contributed by atoms with Gasteiger partial charge in [0.25, 0.3) is 5.91 Å². The number of amides is 1. The number of nitrogens with zero attached hydrogens (tertiary/aromatic N) is 2. The van der Waals surface area contributed by atoms with E-state index in [2.05, 4.69) is 20.7 Å². The molecule has 0 fully saturated rings. The van der Waals surface area contributed by atoms with Gasteiger partial charge in [0.1, 0.15) is 5.82 Å². The summed E-state index contributed by atoms with van der Waals surface area (Å²) in [4.78, 5) is 20.0. The summed E-state index contributed by atoms with van der Waals surface area (Å²) in [7, 11) is 0. The number of nitrogen functional groups attached to an aromatic ring is 1. The first kappa shape index (κ1) is 12.0. The number of carbonyl (C=O) groups excluding carboxylic acids is 1. The molecule has 0 aliphatic heterocycles. The van der Waals surface area contributed by atoms with Gasteiger partial charge in [-0.3, -0.25) is 9.78 Å². The molecule has 0 radical (unpaired) electrons. The van der Waals surface area contributed by atoms with Crippen LogP contribution in [0.15, 0.2) is 36.7 Å². The molecule has 2 aromatic rings. The molecule has 2 heterocycles. The smallest absolute Gasteiger partial charge is 0.255 e. The molecule has 0 bridgehead atoms. The molecule has 0 atom stereocenters. The highest BCUT2D eigenvalue weighted by molar-refractivity contribution is 6.04. The van der Waals surface area contributed by atoms with E-state index in [0.29, 0.717) is 17.1 Å². The molecule has 0 spiro atoms. The minimum absolute atomic E-state index is 0.237. The Kier molecular flexibility index (Phi) is 3.49. The zero-order chi connectivity index (χ0) is 13.0. The molecule has 2 aromatic heterocycles. The molecule has 4 N–H and O–H groups in total. The van der Waals surface area contributed by atoms with E-state index in [-0.39, 0.29) is 5.91 Å². The molecule has 6 nitrogen and oxygen atoms in total. The summed E-state index contributed by atoms with van der Waals surface area (Å²) >= 11 is 0. The van der Waals surface area contributed by atoms with Crippen molar-refractivity contribution in [2.75, 3.05) is 10.7 Å². The van der Waals surface area contributed by atoms with Crippen molar-refractivity contribution in [1.82, 2.24) is 9.97 Å². The Hall–Kier alpha value is -2.47. The first-order valence-electron chi connectivity index (χ1n) is 5.36. The Balaban J connectivity index is 2.14. The van der Waals surface area contributed by atoms with Gasteiger partial charge in [-0.05, 0) is 31.2 Å². The second kappa shape index (κ2) is 5.24. The minimum atomic E-state index is -0.237. The number of hydrazine groups is 1. The van der Waals surface area contributed by atoms with E-state index in [1.54, 1.807) is 24.4 Å². The summed E-state index contributed by atoms with van der Waals surface area (Å²) in [5.41, 5.74) is 4.40. The Morgan fingerprint density at radius 1 is 1.28 bits per heavy atom. The van der Waals surface area contributed by atoms with Crippen LogP contribution in [0.4, 0.5) is 11.5 Å². The van der Waals surface area contributed by atoms with Crippen molar-refractivity contribution in [3.63, 3.8) is 0 Å². The highest BCUT2D eigenvalue weighted by atomic mass is 16.1. The number of carbonyl (C=O) groups is 1. The zero-order valence-corrected chi connectivity index (χ0v) is 9.84. The van der Waals surface area contributed by atoms with Crippen LogP contribution in [0.2, 0.25) is 0 Å². The lowest BCUT2D eigenvalue weighted by Crippen LogP contribution is -2.14. The van der Waals surface area contributed by atoms with Crippen LogP contribution >= 0.6 is 0 Å². The monoisotopic (exact) mass is 243 g/mol. The van der Waals surface area contributed by atoms with Gasteiger partial charge in [0.05, 0.1) is 11.9 Å². The van der Waals surface area contributed by atoms with Crippen LogP contribution in [-0.2, 0) is 0 Å². The van der Waals surface area contributed by atoms with Gasteiger partial charge < -0.3 is 10.7 Å². The second-order valence-electron chi connectivity index (χ2n) is 3.72. The average Bonchev–Trinajstić information content (AvgIpc) is 2.41. The van der Waals surface area contributed by atoms with Crippen LogP contribution in [0.1, 0.15) is 16.1 Å². The van der Waals surface area contributed by atoms with E-state index in [0.717, 1.165) is 5.69 Å². The number of rotatable bonds is 3. The van der Waals surface area contributed by atoms with E-state index in [9.17, 15) is 4.79 Å². The number of pyridine rings is 2. The van der Waals surface area contributed by atoms with Crippen molar-refractivity contribution in [3.8, 4) is 0 Å². The molecule has 18 heavy (non-hydrogen) atoms. The third kappa shape index (κ3) is 2.80. The standard InChI is InChI=1S/C12H13N5O/c1-8-2-3-10(7-15-8)16-12(18)9-4-5-14-11(6-9)17-13/h2-7H,13H2,1H3,(H,14,17)(H,16,18). The van der Waals surface area contributed by atoms with Gasteiger partial charge >= 0.3 is 0 Å². The summed E-state index contributed by atoms with van der Waals surface area (Å²) < 4.78 is 0. The molecule has 92 valence electrons. The van der Waals surface area contributed by atoms with Gasteiger partial charge in [-0.2, -0.15) is 0 Å². The predicted octanol–water partition coefficient (Wildman–Crippen LogP) is 1.32. The SMILES string of the molecule is Cc1ccc(NC(=O)c2ccnc(NN)c2)cn1. The normalized spacial score (nSPS) is 9.89. The Morgan fingerprint density at radius 3 is 2.78 bits per heavy atom. The fourth-order valence-corrected chi connectivity index (χ4v) is 1.40. The summed E-state index contributed by atoms with van der Waals surface area (Å²) in [5.74, 6) is 5.43. The number of nitrogens with two attached hydrogens (primary N) is 1. The fourth-order valence-electron chi connectivity index (χ4n) is 1.40. The third-order valence-electron chi connectivity index (χ3n) is 2.34. The van der Waals surface area contributed by atoms with Crippen molar-refractivity contribution in [2.45, 2.75) is 6.92 Å². The minimum Gasteiger partial charge on any atom is -0.321 e. The van der Waals surface area contributed by atoms with E-state index in [1.807, 2.05) is 13.0 Å². The molecule has 0 saturated heterocycles. The molecule has 1 amide bonds. The number of aromatic nitrogens is 2. The van der Waals surface area contributed by atoms with Crippen LogP contribution in [0.3, 0.4) is 0 Å². The topological polar surface area (TPSA) is 92.9 Å². The molecule has 0 aromatic carbocycles. The molecule has 6 heteroatoms. The zero-order valence-electron chi connectivity index (χ0n) is 9.84. The lowest BCUT2D eigenvalue weighted by Gasteiger charge is -2.06. The molecule has 0 saturated carbocycles. The quantitative estimate of drug-likeness (QED) is 0.558. The second-order valence-corrected chi connectivity index (χ2v) is 3.72. The van der Waals surface area contributed by atoms with Crippen LogP contribution in [0.5, 0.6) is 0 Å². The van der Waals surface area contributed by atoms with Crippen LogP contribution in [-0.4, -0.2) is 15.9 Å². The molecular weight excluding hydrogens is 230 g/mol. The maximum absolute atomic E-state index is 11.9. The molecule has 0 aliphatic rings. The number of anilines is 2. The van der Waals surface area contributed by atoms with Crippen molar-refractivity contribution in [3.05, 3.63) is 47.9 Å². The fraction of sp³-hybridized carbons (Fsp3) is 0.0833. The van der Waals surface area contributed by atoms with Crippen LogP contribution in [0, 0.1) is 6.92 Å². The Morgan fingerprint density at radius 2 is 2.11 bits per heavy atom. The first-order valence-corrected chi connectivity index (χ1v) is 5.36. The average molecular weight is 243 g/mol. The predicted molar refractivity (Wildman–Crippen MR) is 69.0 cm³/mol. The number of aryl methyl sites for hydroxylation is 1. The summed E-state index contributed by atoms with van der Waals surface area (Å²) in [6, 6.07) is 6.80. The van der Waals surface area contributed by atoms with Crippen LogP contribution in [0.25, 0.3) is 0 Å². The van der Waals surface area contributed by atoms with E-state index < -0.39 is 0 Å². The Labute approximate surface area is 104 Å². The van der Waals surface area contributed by atoms with Gasteiger partial charge in [0.15, 0.2) is 0 Å². The van der Waals surface area contributed by atoms with Gasteiger partial charge in [-0.25, -0.2) is 10.8 Å². The summed E-state index contributed by atoms with van der Waals surface area (Å²) in [6.45, 7) is 1.88. The van der Waals surface area contributed by atoms with Crippen molar-refractivity contribution in [2.24, 2.45) is 5.84 Å². The van der Waals surface area contributed by atoms with Gasteiger partial charge in [0, 0.05) is 17.5 Å². The summed E-state index contributed by atoms with van der Waals surface area (Å²) in [6.07, 6.45) is 3.12. The molecule has 0 aliphatic carbocycles. The largest absolute Gasteiger partial charge is 0.321 e. The highest BCUT2D eigenvalue weighted by Gasteiger charge is 2.07. The van der Waals surface area contributed by atoms with Crippen molar-refractivity contribution < 1.29 is 4.79 Å². The molecular formula is C12H13N5O. The lowest BCUT2D eigenvalue weighted by molar-refractivity contribution is 0.102. The number of hydrogen-bond acceptors (Lipinski definition) is 5. The maximum Gasteiger partial charge on any atom is 0.255 e. The molecule has 2 rings (SSSR count). The first-order chi connectivity index (χ1) is 8.69. The number of nitrogens with one attached hydrogen (secondary N) is 2. The van der Waals surface area contributed by atoms with E-state index in [1.165, 1.54) is 6.20 Å². The van der Waals surface area contributed by atoms with E-state index >= 15 is 0 Å². The van der Waals surface area contributed by atoms with E-state index in [4.69, 9.17) is 5.84 Å². The van der Waals surface area contributed by atoms with Gasteiger partial charge in [-0.15, -0.1) is 0 Å². The number of hydrogen-bond donors (Lipinski definition) is 3. The van der Waals surface area contributed by atoms with Crippen molar-refractivity contribution >= 4 is 17.4 Å². The van der Waals surface area contributed by atoms with Gasteiger partial charge in [-0.1, -0.05) is 0 Å².